The summed E-state index contributed by atoms with van der Waals surface area (Å²) >= 11 is 0. The van der Waals surface area contributed by atoms with E-state index in [1.165, 1.54) is 0 Å². The highest BCUT2D eigenvalue weighted by atomic mass is 16.6. The lowest BCUT2D eigenvalue weighted by molar-refractivity contribution is -0.131. The molecule has 0 spiro atoms. The number of ketones is 3. The number of nitrogens with two attached hydrogens (primary N) is 1. The Morgan fingerprint density at radius 3 is 0.430 bits per heavy atom. The summed E-state index contributed by atoms with van der Waals surface area (Å²) in [5.74, 6) is -0.524. The van der Waals surface area contributed by atoms with E-state index >= 15 is 0 Å². The number of nitrogens with one attached hydrogen (secondary N) is 1. The summed E-state index contributed by atoms with van der Waals surface area (Å²) in [6.45, 7) is 31.1. The van der Waals surface area contributed by atoms with E-state index in [2.05, 4.69) is 5.32 Å². The van der Waals surface area contributed by atoms with Crippen LogP contribution < -0.4 is 11.1 Å². The molecule has 1 amide bonds. The fourth-order valence-electron chi connectivity index (χ4n) is 11.1. The van der Waals surface area contributed by atoms with Gasteiger partial charge in [0.25, 0.3) is 0 Å². The van der Waals surface area contributed by atoms with Gasteiger partial charge in [0.1, 0.15) is 22.9 Å². The van der Waals surface area contributed by atoms with Gasteiger partial charge in [-0.1, -0.05) is 0 Å². The second-order valence-corrected chi connectivity index (χ2v) is 30.5. The molecular formula is C96H188N2O44. The van der Waals surface area contributed by atoms with Crippen LogP contribution in [0.25, 0.3) is 0 Å². The van der Waals surface area contributed by atoms with Crippen LogP contribution in [0.5, 0.6) is 0 Å². The third kappa shape index (κ3) is 119. The Morgan fingerprint density at radius 1 is 0.155 bits per heavy atom. The molecule has 0 aliphatic rings. The molecule has 3 N–H and O–H groups in total. The topological polar surface area (TPSA) is 476 Å². The first-order valence-corrected chi connectivity index (χ1v) is 50.7. The van der Waals surface area contributed by atoms with Gasteiger partial charge in [-0.15, -0.1) is 0 Å². The highest BCUT2D eigenvalue weighted by molar-refractivity contribution is 5.79. The lowest BCUT2D eigenvalue weighted by Gasteiger charge is -2.34. The Bertz CT molecular complexity index is 2230. The van der Waals surface area contributed by atoms with Crippen LogP contribution in [0.2, 0.25) is 0 Å². The number of carbonyl (C=O) groups excluding carboxylic acids is 4. The first kappa shape index (κ1) is 139. The molecule has 46 nitrogen and oxygen atoms in total. The summed E-state index contributed by atoms with van der Waals surface area (Å²) in [4.78, 5) is 53.4. The SMILES string of the molecule is COCCOCCOCCOCCOCCOCCOCCOCCOCCOCCOCCCC(=O)CCOCC(COCCC(=O)CCCOCCOCCOCCOCCOCCOCCOCCOCCOCCOCCOC)(COCCC(=O)CCCOCCOCCOCCOCCOCCOCCOCCOCCOCCOCCOC)NC(=O)CCOCCOCCOCCOCCN. The largest absolute Gasteiger partial charge is 0.382 e. The minimum Gasteiger partial charge on any atom is -0.382 e. The Labute approximate surface area is 845 Å². The molecule has 0 aromatic heterocycles. The molecule has 0 fully saturated rings. The third-order valence-electron chi connectivity index (χ3n) is 18.5. The van der Waals surface area contributed by atoms with Gasteiger partial charge in [-0.2, -0.15) is 0 Å². The Hall–Kier alpha value is -3.16. The molecular weight excluding hydrogens is 1890 g/mol. The number of amides is 1. The molecule has 0 bridgehead atoms. The predicted molar refractivity (Wildman–Crippen MR) is 517 cm³/mol. The van der Waals surface area contributed by atoms with Crippen molar-refractivity contribution in [2.24, 2.45) is 5.73 Å². The van der Waals surface area contributed by atoms with Crippen molar-refractivity contribution in [2.75, 3.05) is 537 Å². The number of ether oxygens (including phenoxy) is 40. The van der Waals surface area contributed by atoms with Gasteiger partial charge in [-0.3, -0.25) is 19.2 Å². The number of hydrogen-bond donors (Lipinski definition) is 2. The van der Waals surface area contributed by atoms with Crippen molar-refractivity contribution in [3.05, 3.63) is 0 Å². The van der Waals surface area contributed by atoms with Crippen LogP contribution in [0.15, 0.2) is 0 Å². The standard InChI is InChI=1S/C96H188N2O44/c1-103-23-26-111-39-42-119-53-56-125-65-68-131-77-80-137-86-83-134-74-71-128-62-59-122-50-45-114-34-29-106-15-4-7-92(99)10-18-140-89-96(98-95(102)13-21-109-32-37-117-48-49-118-38-33-110-22-14-97,90-141-19-11-93(100)8-5-16-107-30-35-115-46-51-123-60-63-129-72-75-135-84-87-138-81-78-132-69-66-126-57-54-120-43-40-112-27-24-104-2)91-142-20-12-94(101)9-6-17-108-31-36-116-47-52-124-61-64-130-73-76-136-85-88-139-82-79-133-70-67-127-58-55-121-44-41-113-28-25-105-3/h4-91,97H2,1-3H3,(H,98,102). The van der Waals surface area contributed by atoms with E-state index in [0.29, 0.717) is 475 Å². The summed E-state index contributed by atoms with van der Waals surface area (Å²) < 4.78 is 222. The summed E-state index contributed by atoms with van der Waals surface area (Å²) in [6, 6.07) is 0. The smallest absolute Gasteiger partial charge is 0.222 e. The van der Waals surface area contributed by atoms with Crippen LogP contribution in [0.3, 0.4) is 0 Å². The second-order valence-electron chi connectivity index (χ2n) is 30.5. The van der Waals surface area contributed by atoms with Crippen molar-refractivity contribution in [2.45, 2.75) is 69.7 Å². The average Bonchev–Trinajstić information content (AvgIpc) is 0.852. The van der Waals surface area contributed by atoms with Crippen molar-refractivity contribution in [1.29, 1.82) is 0 Å². The molecule has 142 heavy (non-hydrogen) atoms. The maximum atomic E-state index is 13.9. The number of hydrogen-bond acceptors (Lipinski definition) is 45. The van der Waals surface area contributed by atoms with Gasteiger partial charge in [-0.05, 0) is 19.3 Å². The number of Topliss-reactive ketones (excluding diaryl/α,β-unsaturated/α-hetero) is 3. The first-order valence-electron chi connectivity index (χ1n) is 50.7. The molecule has 0 unspecified atom stereocenters. The van der Waals surface area contributed by atoms with Crippen LogP contribution in [0.1, 0.15) is 64.2 Å². The van der Waals surface area contributed by atoms with Gasteiger partial charge in [0.05, 0.1) is 489 Å². The van der Waals surface area contributed by atoms with Crippen LogP contribution >= 0.6 is 0 Å². The molecule has 0 aliphatic carbocycles. The third-order valence-corrected chi connectivity index (χ3v) is 18.5. The van der Waals surface area contributed by atoms with E-state index < -0.39 is 11.4 Å². The summed E-state index contributed by atoms with van der Waals surface area (Å²) in [6.07, 6.45) is 2.46. The summed E-state index contributed by atoms with van der Waals surface area (Å²) in [5.41, 5.74) is 4.15. The van der Waals surface area contributed by atoms with Crippen LogP contribution in [0.4, 0.5) is 0 Å². The molecule has 0 saturated carbocycles. The van der Waals surface area contributed by atoms with Gasteiger partial charge >= 0.3 is 0 Å². The molecule has 0 aromatic carbocycles. The van der Waals surface area contributed by atoms with Crippen molar-refractivity contribution < 1.29 is 209 Å². The molecule has 0 heterocycles. The van der Waals surface area contributed by atoms with Gasteiger partial charge in [0.15, 0.2) is 0 Å². The average molecular weight is 2070 g/mol. The molecule has 0 saturated heterocycles. The van der Waals surface area contributed by atoms with Crippen LogP contribution in [-0.2, 0) is 209 Å². The van der Waals surface area contributed by atoms with Crippen molar-refractivity contribution >= 4 is 23.3 Å². The van der Waals surface area contributed by atoms with Crippen molar-refractivity contribution in [1.82, 2.24) is 5.32 Å². The van der Waals surface area contributed by atoms with Crippen molar-refractivity contribution in [3.8, 4) is 0 Å². The van der Waals surface area contributed by atoms with Gasteiger partial charge < -0.3 is 201 Å². The van der Waals surface area contributed by atoms with Crippen LogP contribution in [0, 0.1) is 0 Å². The normalized spacial score (nSPS) is 11.9. The summed E-state index contributed by atoms with van der Waals surface area (Å²) in [7, 11) is 4.90. The van der Waals surface area contributed by atoms with Gasteiger partial charge in [-0.25, -0.2) is 0 Å². The summed E-state index contributed by atoms with van der Waals surface area (Å²) in [5, 5.41) is 3.07. The van der Waals surface area contributed by atoms with E-state index in [9.17, 15) is 19.2 Å². The lowest BCUT2D eigenvalue weighted by atomic mass is 10.0. The maximum absolute atomic E-state index is 13.9. The zero-order chi connectivity index (χ0) is 102. The lowest BCUT2D eigenvalue weighted by Crippen LogP contribution is -2.59. The fraction of sp³-hybridized carbons (Fsp3) is 0.958. The zero-order valence-electron chi connectivity index (χ0n) is 86.8. The minimum atomic E-state index is -1.32. The van der Waals surface area contributed by atoms with Crippen molar-refractivity contribution in [3.63, 3.8) is 0 Å². The molecule has 846 valence electrons. The van der Waals surface area contributed by atoms with Crippen LogP contribution in [-0.4, -0.2) is 565 Å². The molecule has 0 aromatic rings. The Balaban J connectivity index is 5.03. The quantitative estimate of drug-likeness (QED) is 0.0822. The second kappa shape index (κ2) is 125. The number of rotatable bonds is 132. The first-order chi connectivity index (χ1) is 70.3. The highest BCUT2D eigenvalue weighted by Crippen LogP contribution is 2.14. The van der Waals surface area contributed by atoms with E-state index in [0.717, 1.165) is 0 Å². The minimum absolute atomic E-state index is 0.0246. The molecule has 0 atom stereocenters. The Morgan fingerprint density at radius 2 is 0.282 bits per heavy atom. The molecule has 0 rings (SSSR count). The van der Waals surface area contributed by atoms with E-state index in [1.54, 1.807) is 21.3 Å². The number of carbonyl (C=O) groups is 4. The molecule has 0 aliphatic heterocycles. The van der Waals surface area contributed by atoms with E-state index in [1.807, 2.05) is 0 Å². The van der Waals surface area contributed by atoms with E-state index in [-0.39, 0.29) is 122 Å². The predicted octanol–water partition coefficient (Wildman–Crippen LogP) is 1.96. The van der Waals surface area contributed by atoms with Gasteiger partial charge in [0.2, 0.25) is 5.91 Å². The fourth-order valence-corrected chi connectivity index (χ4v) is 11.1. The number of methoxy groups -OCH3 is 3. The zero-order valence-corrected chi connectivity index (χ0v) is 86.8. The van der Waals surface area contributed by atoms with Gasteiger partial charge in [0, 0.05) is 92.6 Å². The van der Waals surface area contributed by atoms with E-state index in [4.69, 9.17) is 195 Å². The Kier molecular flexibility index (Phi) is 122. The molecule has 0 radical (unpaired) electrons. The monoisotopic (exact) mass is 2070 g/mol. The maximum Gasteiger partial charge on any atom is 0.222 e. The highest BCUT2D eigenvalue weighted by Gasteiger charge is 2.34. The molecule has 46 heteroatoms.